The van der Waals surface area contributed by atoms with E-state index in [0.29, 0.717) is 12.1 Å². The molecule has 11 heteroatoms. The molecule has 0 amide bonds. The van der Waals surface area contributed by atoms with Gasteiger partial charge in [-0.15, -0.1) is 0 Å². The van der Waals surface area contributed by atoms with Crippen LogP contribution in [-0.4, -0.2) is 29.6 Å². The molecular formula is C12H5F9O2. The number of hydrogen-bond acceptors (Lipinski definition) is 2. The molecule has 0 fully saturated rings. The van der Waals surface area contributed by atoms with Crippen LogP contribution in [0.1, 0.15) is 16.8 Å². The summed E-state index contributed by atoms with van der Waals surface area (Å²) < 4.78 is 113. The lowest BCUT2D eigenvalue weighted by atomic mass is 9.99. The van der Waals surface area contributed by atoms with Crippen LogP contribution in [0.25, 0.3) is 0 Å². The van der Waals surface area contributed by atoms with Gasteiger partial charge in [-0.1, -0.05) is 0 Å². The Morgan fingerprint density at radius 3 is 1.65 bits per heavy atom. The van der Waals surface area contributed by atoms with Gasteiger partial charge >= 0.3 is 18.0 Å². The van der Waals surface area contributed by atoms with Gasteiger partial charge in [-0.2, -0.15) is 30.7 Å². The lowest BCUT2D eigenvalue weighted by molar-refractivity contribution is -0.343. The second-order valence-electron chi connectivity index (χ2n) is 4.33. The van der Waals surface area contributed by atoms with Gasteiger partial charge < -0.3 is 0 Å². The first kappa shape index (κ1) is 19.0. The molecular weight excluding hydrogens is 347 g/mol. The van der Waals surface area contributed by atoms with Gasteiger partial charge in [0.15, 0.2) is 5.78 Å². The van der Waals surface area contributed by atoms with E-state index in [1.54, 1.807) is 0 Å². The summed E-state index contributed by atoms with van der Waals surface area (Å²) in [5.74, 6) is -20.4. The molecule has 1 aromatic rings. The fourth-order valence-electron chi connectivity index (χ4n) is 1.43. The predicted octanol–water partition coefficient (Wildman–Crippen LogP) is 3.94. The van der Waals surface area contributed by atoms with Crippen molar-refractivity contribution in [3.8, 4) is 0 Å². The van der Waals surface area contributed by atoms with Crippen LogP contribution in [0, 0.1) is 11.6 Å². The summed E-state index contributed by atoms with van der Waals surface area (Å²) in [5.41, 5.74) is -0.970. The third kappa shape index (κ3) is 3.64. The first-order chi connectivity index (χ1) is 10.2. The van der Waals surface area contributed by atoms with Gasteiger partial charge in [0.2, 0.25) is 5.78 Å². The first-order valence-electron chi connectivity index (χ1n) is 5.55. The Hall–Kier alpha value is -2.07. The largest absolute Gasteiger partial charge is 0.460 e. The highest BCUT2D eigenvalue weighted by Gasteiger charge is 2.75. The van der Waals surface area contributed by atoms with E-state index in [1.165, 1.54) is 0 Å². The normalized spacial score (nSPS) is 13.1. The van der Waals surface area contributed by atoms with E-state index in [4.69, 9.17) is 0 Å². The zero-order chi connectivity index (χ0) is 18.2. The minimum absolute atomic E-state index is 0.283. The van der Waals surface area contributed by atoms with Crippen molar-refractivity contribution in [1.82, 2.24) is 0 Å². The van der Waals surface area contributed by atoms with Crippen LogP contribution in [0.15, 0.2) is 18.2 Å². The van der Waals surface area contributed by atoms with Gasteiger partial charge in [0.25, 0.3) is 0 Å². The Labute approximate surface area is 121 Å². The third-order valence-electron chi connectivity index (χ3n) is 2.61. The van der Waals surface area contributed by atoms with Crippen LogP contribution in [0.5, 0.6) is 0 Å². The van der Waals surface area contributed by atoms with E-state index in [-0.39, 0.29) is 6.07 Å². The molecule has 128 valence electrons. The maximum atomic E-state index is 13.0. The fourth-order valence-corrected chi connectivity index (χ4v) is 1.43. The zero-order valence-corrected chi connectivity index (χ0v) is 10.7. The Bertz CT molecular complexity index is 614. The first-order valence-corrected chi connectivity index (χ1v) is 5.55. The number of Topliss-reactive ketones (excluding diaryl/α,β-unsaturated/α-hetero) is 2. The molecule has 0 aromatic heterocycles. The average molecular weight is 352 g/mol. The highest BCUT2D eigenvalue weighted by molar-refractivity contribution is 6.10. The van der Waals surface area contributed by atoms with Crippen molar-refractivity contribution >= 4 is 11.6 Å². The minimum Gasteiger partial charge on any atom is -0.294 e. The number of halogens is 9. The van der Waals surface area contributed by atoms with Crippen LogP contribution in [0.4, 0.5) is 39.5 Å². The zero-order valence-electron chi connectivity index (χ0n) is 10.7. The Morgan fingerprint density at radius 1 is 0.826 bits per heavy atom. The van der Waals surface area contributed by atoms with Crippen LogP contribution in [0.3, 0.4) is 0 Å². The fraction of sp³-hybridized carbons (Fsp3) is 0.333. The van der Waals surface area contributed by atoms with Crippen molar-refractivity contribution in [2.75, 3.05) is 0 Å². The molecule has 0 bridgehead atoms. The Morgan fingerprint density at radius 2 is 1.26 bits per heavy atom. The SMILES string of the molecule is O=C(CC(=O)C(F)(F)C(F)(F)C(F)(F)F)c1cc(F)cc(F)c1. The number of benzene rings is 1. The molecule has 0 aliphatic heterocycles. The molecule has 0 aliphatic rings. The summed E-state index contributed by atoms with van der Waals surface area (Å²) in [6, 6.07) is 0.891. The van der Waals surface area contributed by atoms with Gasteiger partial charge in [-0.3, -0.25) is 9.59 Å². The number of rotatable bonds is 5. The van der Waals surface area contributed by atoms with Gasteiger partial charge in [0, 0.05) is 11.6 Å². The van der Waals surface area contributed by atoms with Crippen molar-refractivity contribution in [2.45, 2.75) is 24.4 Å². The topological polar surface area (TPSA) is 34.1 Å². The van der Waals surface area contributed by atoms with Crippen LogP contribution in [-0.2, 0) is 4.79 Å². The summed E-state index contributed by atoms with van der Waals surface area (Å²) in [5, 5.41) is 0. The molecule has 0 saturated carbocycles. The molecule has 0 aliphatic carbocycles. The molecule has 0 unspecified atom stereocenters. The third-order valence-corrected chi connectivity index (χ3v) is 2.61. The molecule has 0 atom stereocenters. The molecule has 0 heterocycles. The summed E-state index contributed by atoms with van der Waals surface area (Å²) in [4.78, 5) is 22.3. The summed E-state index contributed by atoms with van der Waals surface area (Å²) >= 11 is 0. The molecule has 0 saturated heterocycles. The van der Waals surface area contributed by atoms with Crippen LogP contribution in [0.2, 0.25) is 0 Å². The van der Waals surface area contributed by atoms with Crippen molar-refractivity contribution < 1.29 is 49.1 Å². The molecule has 0 N–H and O–H groups in total. The number of ketones is 2. The van der Waals surface area contributed by atoms with Crippen LogP contribution < -0.4 is 0 Å². The van der Waals surface area contributed by atoms with Crippen molar-refractivity contribution in [3.63, 3.8) is 0 Å². The van der Waals surface area contributed by atoms with E-state index in [9.17, 15) is 49.1 Å². The average Bonchev–Trinajstić information content (AvgIpc) is 2.35. The summed E-state index contributed by atoms with van der Waals surface area (Å²) in [6.45, 7) is 0. The lowest BCUT2D eigenvalue weighted by Crippen LogP contribution is -2.56. The Balaban J connectivity index is 3.04. The second-order valence-corrected chi connectivity index (χ2v) is 4.33. The van der Waals surface area contributed by atoms with Crippen molar-refractivity contribution in [3.05, 3.63) is 35.4 Å². The van der Waals surface area contributed by atoms with E-state index in [0.717, 1.165) is 0 Å². The van der Waals surface area contributed by atoms with E-state index in [1.807, 2.05) is 0 Å². The molecule has 1 rings (SSSR count). The maximum absolute atomic E-state index is 13.0. The minimum atomic E-state index is -6.74. The smallest absolute Gasteiger partial charge is 0.294 e. The summed E-state index contributed by atoms with van der Waals surface area (Å²) in [6.07, 6.45) is -8.83. The maximum Gasteiger partial charge on any atom is 0.460 e. The van der Waals surface area contributed by atoms with E-state index >= 15 is 0 Å². The quantitative estimate of drug-likeness (QED) is 0.457. The molecule has 0 radical (unpaired) electrons. The number of hydrogen-bond donors (Lipinski definition) is 0. The lowest BCUT2D eigenvalue weighted by Gasteiger charge is -2.26. The number of carbonyl (C=O) groups excluding carboxylic acids is 2. The highest BCUT2D eigenvalue weighted by Crippen LogP contribution is 2.47. The summed E-state index contributed by atoms with van der Waals surface area (Å²) in [7, 11) is 0. The van der Waals surface area contributed by atoms with E-state index < -0.39 is 53.2 Å². The van der Waals surface area contributed by atoms with Gasteiger partial charge in [-0.25, -0.2) is 8.78 Å². The van der Waals surface area contributed by atoms with Crippen LogP contribution >= 0.6 is 0 Å². The molecule has 1 aromatic carbocycles. The number of carbonyl (C=O) groups is 2. The van der Waals surface area contributed by atoms with Crippen molar-refractivity contribution in [2.24, 2.45) is 0 Å². The van der Waals surface area contributed by atoms with Crippen molar-refractivity contribution in [1.29, 1.82) is 0 Å². The number of alkyl halides is 7. The van der Waals surface area contributed by atoms with Gasteiger partial charge in [0.05, 0.1) is 6.42 Å². The molecule has 0 spiro atoms. The molecule has 23 heavy (non-hydrogen) atoms. The Kier molecular flexibility index (Phi) is 4.83. The monoisotopic (exact) mass is 352 g/mol. The highest BCUT2D eigenvalue weighted by atomic mass is 19.4. The van der Waals surface area contributed by atoms with Gasteiger partial charge in [0.1, 0.15) is 11.6 Å². The standard InChI is InChI=1S/C12H5F9O2/c13-6-1-5(2-7(14)3-6)8(22)4-9(23)10(15,16)11(17,18)12(19,20)21/h1-3H,4H2. The molecule has 2 nitrogen and oxygen atoms in total. The van der Waals surface area contributed by atoms with Gasteiger partial charge in [-0.05, 0) is 12.1 Å². The van der Waals surface area contributed by atoms with E-state index in [2.05, 4.69) is 0 Å². The predicted molar refractivity (Wildman–Crippen MR) is 56.3 cm³/mol. The second kappa shape index (κ2) is 5.85.